The summed E-state index contributed by atoms with van der Waals surface area (Å²) in [4.78, 5) is 18.4. The Morgan fingerprint density at radius 3 is 2.86 bits per heavy atom. The fraction of sp³-hybridized carbons (Fsp3) is 0.357. The van der Waals surface area contributed by atoms with E-state index in [0.717, 1.165) is 5.69 Å². The van der Waals surface area contributed by atoms with Crippen molar-refractivity contribution in [1.29, 1.82) is 5.26 Å². The molecule has 0 spiro atoms. The van der Waals surface area contributed by atoms with Crippen molar-refractivity contribution in [3.63, 3.8) is 0 Å². The Kier molecular flexibility index (Phi) is 3.80. The first-order valence-electron chi connectivity index (χ1n) is 6.88. The van der Waals surface area contributed by atoms with Crippen LogP contribution in [0.2, 0.25) is 0 Å². The van der Waals surface area contributed by atoms with Gasteiger partial charge in [0.2, 0.25) is 5.95 Å². The van der Waals surface area contributed by atoms with Crippen LogP contribution in [-0.2, 0) is 6.42 Å². The topological polar surface area (TPSA) is 125 Å². The number of aliphatic hydroxyl groups excluding tert-OH is 1. The van der Waals surface area contributed by atoms with Crippen LogP contribution in [0.15, 0.2) is 24.8 Å². The fourth-order valence-electron chi connectivity index (χ4n) is 2.55. The van der Waals surface area contributed by atoms with E-state index >= 15 is 0 Å². The van der Waals surface area contributed by atoms with Crippen molar-refractivity contribution in [2.24, 2.45) is 5.92 Å². The van der Waals surface area contributed by atoms with Gasteiger partial charge in [0, 0.05) is 37.6 Å². The third-order valence-electron chi connectivity index (χ3n) is 3.70. The highest BCUT2D eigenvalue weighted by Crippen LogP contribution is 2.24. The highest BCUT2D eigenvalue weighted by atomic mass is 16.3. The van der Waals surface area contributed by atoms with E-state index in [-0.39, 0.29) is 17.3 Å². The number of hydrogen-bond donors (Lipinski definition) is 2. The van der Waals surface area contributed by atoms with E-state index in [1.54, 1.807) is 18.6 Å². The lowest BCUT2D eigenvalue weighted by atomic mass is 10.0. The molecule has 2 aromatic heterocycles. The molecule has 0 aliphatic carbocycles. The fourth-order valence-corrected chi connectivity index (χ4v) is 2.55. The molecule has 8 nitrogen and oxygen atoms in total. The first kappa shape index (κ1) is 14.2. The number of hydrogen-bond acceptors (Lipinski definition) is 8. The first-order valence-corrected chi connectivity index (χ1v) is 6.88. The molecule has 1 saturated heterocycles. The molecule has 0 saturated carbocycles. The summed E-state index contributed by atoms with van der Waals surface area (Å²) in [5.74, 6) is 0.605. The molecule has 112 valence electrons. The summed E-state index contributed by atoms with van der Waals surface area (Å²) >= 11 is 0. The zero-order valence-electron chi connectivity index (χ0n) is 11.8. The summed E-state index contributed by atoms with van der Waals surface area (Å²) in [6.45, 7) is 1.03. The Bertz CT molecular complexity index is 700. The number of anilines is 2. The third-order valence-corrected chi connectivity index (χ3v) is 3.70. The smallest absolute Gasteiger partial charge is 0.227 e. The number of nitrogen functional groups attached to an aromatic ring is 1. The second kappa shape index (κ2) is 5.91. The van der Waals surface area contributed by atoms with Crippen LogP contribution in [0.5, 0.6) is 0 Å². The molecule has 1 fully saturated rings. The highest BCUT2D eigenvalue weighted by Gasteiger charge is 2.33. The Balaban J connectivity index is 1.73. The summed E-state index contributed by atoms with van der Waals surface area (Å²) in [5, 5.41) is 19.1. The third kappa shape index (κ3) is 2.80. The van der Waals surface area contributed by atoms with Gasteiger partial charge in [-0.1, -0.05) is 0 Å². The molecule has 8 heteroatoms. The molecular formula is C14H15N7O. The van der Waals surface area contributed by atoms with Gasteiger partial charge >= 0.3 is 0 Å². The molecule has 1 aliphatic heterocycles. The van der Waals surface area contributed by atoms with Crippen molar-refractivity contribution in [3.05, 3.63) is 36.0 Å². The quantitative estimate of drug-likeness (QED) is 0.795. The van der Waals surface area contributed by atoms with Crippen molar-refractivity contribution in [2.45, 2.75) is 12.5 Å². The lowest BCUT2D eigenvalue weighted by Gasteiger charge is -2.16. The average Bonchev–Trinajstić information content (AvgIpc) is 2.89. The Morgan fingerprint density at radius 1 is 1.32 bits per heavy atom. The Hall–Kier alpha value is -2.79. The predicted molar refractivity (Wildman–Crippen MR) is 78.6 cm³/mol. The molecule has 0 bridgehead atoms. The van der Waals surface area contributed by atoms with E-state index in [9.17, 15) is 5.11 Å². The Morgan fingerprint density at radius 2 is 2.18 bits per heavy atom. The molecule has 0 amide bonds. The number of rotatable bonds is 3. The maximum atomic E-state index is 10.2. The van der Waals surface area contributed by atoms with E-state index in [2.05, 4.69) is 19.9 Å². The van der Waals surface area contributed by atoms with Gasteiger partial charge in [-0.25, -0.2) is 4.98 Å². The standard InChI is InChI=1S/C14H15N7O/c15-4-10-5-19-14(20-13(10)16)21-7-9(12(22)8-21)3-11-6-17-1-2-18-11/h1-2,5-6,9,12,22H,3,7-8H2,(H2,16,19,20)/t9-,12-/m1/s1. The maximum Gasteiger partial charge on any atom is 0.227 e. The number of β-amino-alcohol motifs (C(OH)–C–C–N with tert-alkyl or cyclic N) is 1. The van der Waals surface area contributed by atoms with Gasteiger partial charge in [0.05, 0.1) is 18.0 Å². The van der Waals surface area contributed by atoms with Crippen LogP contribution in [0.25, 0.3) is 0 Å². The van der Waals surface area contributed by atoms with Gasteiger partial charge in [-0.15, -0.1) is 0 Å². The number of aliphatic hydroxyl groups is 1. The molecule has 0 unspecified atom stereocenters. The molecule has 2 aromatic rings. The van der Waals surface area contributed by atoms with Gasteiger partial charge in [-0.05, 0) is 6.42 Å². The van der Waals surface area contributed by atoms with Gasteiger partial charge in [-0.3, -0.25) is 9.97 Å². The monoisotopic (exact) mass is 297 g/mol. The zero-order chi connectivity index (χ0) is 15.5. The van der Waals surface area contributed by atoms with Crippen LogP contribution in [0.1, 0.15) is 11.3 Å². The van der Waals surface area contributed by atoms with Gasteiger partial charge in [0.15, 0.2) is 0 Å². The van der Waals surface area contributed by atoms with Crippen LogP contribution in [0.4, 0.5) is 11.8 Å². The second-order valence-corrected chi connectivity index (χ2v) is 5.21. The van der Waals surface area contributed by atoms with Crippen molar-refractivity contribution < 1.29 is 5.11 Å². The number of nitrogens with two attached hydrogens (primary N) is 1. The molecule has 0 aromatic carbocycles. The lowest BCUT2D eigenvalue weighted by molar-refractivity contribution is 0.147. The van der Waals surface area contributed by atoms with Crippen molar-refractivity contribution in [3.8, 4) is 6.07 Å². The second-order valence-electron chi connectivity index (χ2n) is 5.21. The minimum atomic E-state index is -0.498. The molecule has 22 heavy (non-hydrogen) atoms. The number of nitriles is 1. The predicted octanol–water partition coefficient (Wildman–Crippen LogP) is -0.240. The summed E-state index contributed by atoms with van der Waals surface area (Å²) in [6.07, 6.45) is 6.50. The summed E-state index contributed by atoms with van der Waals surface area (Å²) in [6, 6.07) is 1.93. The lowest BCUT2D eigenvalue weighted by Crippen LogP contribution is -2.23. The maximum absolute atomic E-state index is 10.2. The normalized spacial score (nSPS) is 20.8. The van der Waals surface area contributed by atoms with E-state index in [1.807, 2.05) is 11.0 Å². The summed E-state index contributed by atoms with van der Waals surface area (Å²) < 4.78 is 0. The van der Waals surface area contributed by atoms with E-state index < -0.39 is 6.10 Å². The summed E-state index contributed by atoms with van der Waals surface area (Å²) in [7, 11) is 0. The molecular weight excluding hydrogens is 282 g/mol. The van der Waals surface area contributed by atoms with Crippen molar-refractivity contribution in [1.82, 2.24) is 19.9 Å². The number of aromatic nitrogens is 4. The van der Waals surface area contributed by atoms with Gasteiger partial charge < -0.3 is 15.7 Å². The van der Waals surface area contributed by atoms with Crippen LogP contribution >= 0.6 is 0 Å². The van der Waals surface area contributed by atoms with Gasteiger partial charge in [-0.2, -0.15) is 10.2 Å². The molecule has 3 N–H and O–H groups in total. The van der Waals surface area contributed by atoms with Gasteiger partial charge in [0.25, 0.3) is 0 Å². The number of nitrogens with zero attached hydrogens (tertiary/aromatic N) is 6. The van der Waals surface area contributed by atoms with Crippen LogP contribution in [0.3, 0.4) is 0 Å². The summed E-state index contributed by atoms with van der Waals surface area (Å²) in [5.41, 5.74) is 6.80. The van der Waals surface area contributed by atoms with E-state index in [1.165, 1.54) is 6.20 Å². The molecule has 3 heterocycles. The van der Waals surface area contributed by atoms with Crippen LogP contribution < -0.4 is 10.6 Å². The molecule has 2 atom stereocenters. The first-order chi connectivity index (χ1) is 10.7. The van der Waals surface area contributed by atoms with Crippen molar-refractivity contribution in [2.75, 3.05) is 23.7 Å². The molecule has 1 aliphatic rings. The van der Waals surface area contributed by atoms with Crippen LogP contribution in [0, 0.1) is 17.2 Å². The van der Waals surface area contributed by atoms with E-state index in [4.69, 9.17) is 11.0 Å². The van der Waals surface area contributed by atoms with E-state index in [0.29, 0.717) is 25.5 Å². The largest absolute Gasteiger partial charge is 0.391 e. The zero-order valence-corrected chi connectivity index (χ0v) is 11.8. The minimum absolute atomic E-state index is 0.0252. The molecule has 0 radical (unpaired) electrons. The van der Waals surface area contributed by atoms with Crippen LogP contribution in [-0.4, -0.2) is 44.2 Å². The van der Waals surface area contributed by atoms with Gasteiger partial charge in [0.1, 0.15) is 17.5 Å². The average molecular weight is 297 g/mol. The Labute approximate surface area is 127 Å². The van der Waals surface area contributed by atoms with Crippen molar-refractivity contribution >= 4 is 11.8 Å². The highest BCUT2D eigenvalue weighted by molar-refractivity contribution is 5.50. The minimum Gasteiger partial charge on any atom is -0.391 e. The SMILES string of the molecule is N#Cc1cnc(N2C[C@@H](Cc3cnccn3)[C@H](O)C2)nc1N. The molecule has 3 rings (SSSR count).